The van der Waals surface area contributed by atoms with E-state index < -0.39 is 0 Å². The molecule has 0 aliphatic carbocycles. The summed E-state index contributed by atoms with van der Waals surface area (Å²) < 4.78 is 0. The number of hydrogen-bond donors (Lipinski definition) is 0. The van der Waals surface area contributed by atoms with E-state index in [0.717, 1.165) is 0 Å². The third-order valence-corrected chi connectivity index (χ3v) is 2.17. The van der Waals surface area contributed by atoms with Crippen molar-refractivity contribution < 1.29 is 12.4 Å². The zero-order chi connectivity index (χ0) is 8.81. The minimum atomic E-state index is 0. The average Bonchev–Trinajstić information content (AvgIpc) is 2.09. The summed E-state index contributed by atoms with van der Waals surface area (Å²) in [7, 11) is 0. The van der Waals surface area contributed by atoms with Crippen molar-refractivity contribution in [1.82, 2.24) is 0 Å². The Labute approximate surface area is 110 Å². The number of aryl methyl sites for hydroxylation is 1. The van der Waals surface area contributed by atoms with E-state index in [1.165, 1.54) is 36.8 Å². The molecular weight excluding hydrogens is 204 g/mol. The minimum absolute atomic E-state index is 0. The van der Waals surface area contributed by atoms with E-state index in [0.29, 0.717) is 0 Å². The number of rotatable bonds is 4. The molecule has 0 aliphatic heterocycles. The van der Waals surface area contributed by atoms with E-state index in [-0.39, 0.29) is 35.5 Å². The Hall–Kier alpha value is 0.146. The predicted octanol–water partition coefficient (Wildman–Crippen LogP) is 0.225. The molecule has 0 nitrogen and oxygen atoms in total. The summed E-state index contributed by atoms with van der Waals surface area (Å²) in [4.78, 5) is 0. The van der Waals surface area contributed by atoms with Crippen LogP contribution in [0, 0.1) is 6.92 Å². The van der Waals surface area contributed by atoms with Crippen molar-refractivity contribution in [1.29, 1.82) is 0 Å². The standard InChI is InChI=1S/C12H17.ClH.Mg/c1-3-4-5-9-12-10-7-6-8-11(12)2;;/h6-8,10H,2-5,9H2,1H3;1H;/q-1;;+2/p-1. The van der Waals surface area contributed by atoms with Gasteiger partial charge in [-0.1, -0.05) is 38.7 Å². The number of hydrogen-bond acceptors (Lipinski definition) is 0. The van der Waals surface area contributed by atoms with Gasteiger partial charge >= 0.3 is 23.1 Å². The predicted molar refractivity (Wildman–Crippen MR) is 59.9 cm³/mol. The van der Waals surface area contributed by atoms with Crippen LogP contribution in [0.4, 0.5) is 0 Å². The van der Waals surface area contributed by atoms with Gasteiger partial charge in [-0.05, 0) is 0 Å². The van der Waals surface area contributed by atoms with E-state index in [9.17, 15) is 0 Å². The summed E-state index contributed by atoms with van der Waals surface area (Å²) in [5.41, 5.74) is 2.60. The van der Waals surface area contributed by atoms with E-state index in [1.807, 2.05) is 6.07 Å². The van der Waals surface area contributed by atoms with Gasteiger partial charge in [-0.2, -0.15) is 18.6 Å². The topological polar surface area (TPSA) is 0 Å². The quantitative estimate of drug-likeness (QED) is 0.387. The molecule has 0 aliphatic rings. The summed E-state index contributed by atoms with van der Waals surface area (Å²) in [5.74, 6) is 0. The Morgan fingerprint density at radius 2 is 1.79 bits per heavy atom. The molecular formula is C12H17ClMg. The largest absolute Gasteiger partial charge is 2.00 e. The Bertz CT molecular complexity index is 236. The summed E-state index contributed by atoms with van der Waals surface area (Å²) in [6.07, 6.45) is 5.10. The molecule has 0 radical (unpaired) electrons. The van der Waals surface area contributed by atoms with Crippen LogP contribution in [-0.2, 0) is 6.42 Å². The molecule has 0 amide bonds. The van der Waals surface area contributed by atoms with Crippen molar-refractivity contribution in [3.05, 3.63) is 42.3 Å². The van der Waals surface area contributed by atoms with Gasteiger partial charge in [0.15, 0.2) is 0 Å². The average molecular weight is 221 g/mol. The second-order valence-corrected chi connectivity index (χ2v) is 3.23. The fourth-order valence-corrected chi connectivity index (χ4v) is 1.37. The van der Waals surface area contributed by atoms with Gasteiger partial charge in [-0.3, -0.25) is 0 Å². The molecule has 14 heavy (non-hydrogen) atoms. The van der Waals surface area contributed by atoms with E-state index in [1.54, 1.807) is 0 Å². The van der Waals surface area contributed by atoms with Crippen LogP contribution < -0.4 is 12.4 Å². The summed E-state index contributed by atoms with van der Waals surface area (Å²) in [5, 5.41) is 0. The summed E-state index contributed by atoms with van der Waals surface area (Å²) >= 11 is 0. The molecule has 0 aromatic heterocycles. The summed E-state index contributed by atoms with van der Waals surface area (Å²) in [6, 6.07) is 8.40. The van der Waals surface area contributed by atoms with Crippen molar-refractivity contribution in [3.63, 3.8) is 0 Å². The van der Waals surface area contributed by atoms with Crippen LogP contribution in [0.3, 0.4) is 0 Å². The Balaban J connectivity index is 0. The van der Waals surface area contributed by atoms with Crippen molar-refractivity contribution in [2.75, 3.05) is 0 Å². The molecule has 0 saturated heterocycles. The molecule has 0 N–H and O–H groups in total. The third-order valence-electron chi connectivity index (χ3n) is 2.17. The molecule has 0 heterocycles. The summed E-state index contributed by atoms with van der Waals surface area (Å²) in [6.45, 7) is 6.23. The first kappa shape index (κ1) is 16.6. The fourth-order valence-electron chi connectivity index (χ4n) is 1.37. The molecule has 1 rings (SSSR count). The molecule has 2 heteroatoms. The normalized spacial score (nSPS) is 8.64. The molecule has 0 fully saturated rings. The third kappa shape index (κ3) is 5.79. The molecule has 0 atom stereocenters. The molecule has 0 bridgehead atoms. The first-order chi connectivity index (χ1) is 5.84. The van der Waals surface area contributed by atoms with E-state index in [2.05, 4.69) is 32.0 Å². The number of halogens is 1. The molecule has 0 spiro atoms. The second kappa shape index (κ2) is 9.69. The van der Waals surface area contributed by atoms with E-state index in [4.69, 9.17) is 0 Å². The molecule has 74 valence electrons. The monoisotopic (exact) mass is 220 g/mol. The molecule has 1 aromatic rings. The fraction of sp³-hybridized carbons (Fsp3) is 0.417. The number of unbranched alkanes of at least 4 members (excludes halogenated alkanes) is 2. The van der Waals surface area contributed by atoms with Crippen molar-refractivity contribution in [3.8, 4) is 0 Å². The Kier molecular flexibility index (Phi) is 11.5. The zero-order valence-corrected chi connectivity index (χ0v) is 11.1. The van der Waals surface area contributed by atoms with Gasteiger partial charge in [0.05, 0.1) is 0 Å². The van der Waals surface area contributed by atoms with E-state index >= 15 is 0 Å². The maximum Gasteiger partial charge on any atom is 2.00 e. The molecule has 1 aromatic carbocycles. The first-order valence-electron chi connectivity index (χ1n) is 4.74. The Morgan fingerprint density at radius 1 is 1.14 bits per heavy atom. The van der Waals surface area contributed by atoms with Gasteiger partial charge < -0.3 is 12.4 Å². The zero-order valence-electron chi connectivity index (χ0n) is 8.93. The van der Waals surface area contributed by atoms with Gasteiger partial charge in [-0.15, -0.1) is 17.7 Å². The van der Waals surface area contributed by atoms with Gasteiger partial charge in [0.1, 0.15) is 0 Å². The van der Waals surface area contributed by atoms with Crippen LogP contribution in [0.5, 0.6) is 0 Å². The minimum Gasteiger partial charge on any atom is -1.00 e. The SMILES string of the molecule is [CH2-]c1ccccc1CCCCC.[Cl-].[Mg+2]. The van der Waals surface area contributed by atoms with Crippen LogP contribution in [0.1, 0.15) is 37.3 Å². The van der Waals surface area contributed by atoms with Crippen molar-refractivity contribution in [2.45, 2.75) is 32.6 Å². The van der Waals surface area contributed by atoms with Crippen molar-refractivity contribution in [2.24, 2.45) is 0 Å². The van der Waals surface area contributed by atoms with Gasteiger partial charge in [0.25, 0.3) is 0 Å². The maximum absolute atomic E-state index is 4.00. The second-order valence-electron chi connectivity index (χ2n) is 3.23. The molecule has 0 saturated carbocycles. The number of benzene rings is 1. The first-order valence-corrected chi connectivity index (χ1v) is 4.74. The van der Waals surface area contributed by atoms with Gasteiger partial charge in [0, 0.05) is 0 Å². The smallest absolute Gasteiger partial charge is 1.00 e. The Morgan fingerprint density at radius 3 is 2.36 bits per heavy atom. The van der Waals surface area contributed by atoms with Crippen LogP contribution in [-0.4, -0.2) is 23.1 Å². The van der Waals surface area contributed by atoms with Crippen LogP contribution in [0.2, 0.25) is 0 Å². The van der Waals surface area contributed by atoms with Crippen molar-refractivity contribution >= 4 is 23.1 Å². The maximum atomic E-state index is 4.00. The van der Waals surface area contributed by atoms with Crippen LogP contribution >= 0.6 is 0 Å². The van der Waals surface area contributed by atoms with Gasteiger partial charge in [-0.25, -0.2) is 0 Å². The molecule has 0 unspecified atom stereocenters. The van der Waals surface area contributed by atoms with Crippen LogP contribution in [0.15, 0.2) is 24.3 Å². The van der Waals surface area contributed by atoms with Crippen LogP contribution in [0.25, 0.3) is 0 Å². The van der Waals surface area contributed by atoms with Gasteiger partial charge in [0.2, 0.25) is 0 Å².